The van der Waals surface area contributed by atoms with Gasteiger partial charge in [0.2, 0.25) is 10.0 Å². The average Bonchev–Trinajstić information content (AvgIpc) is 2.42. The van der Waals surface area contributed by atoms with E-state index in [9.17, 15) is 8.42 Å². The molecule has 0 aliphatic carbocycles. The first-order valence-corrected chi connectivity index (χ1v) is 7.69. The van der Waals surface area contributed by atoms with E-state index in [1.54, 1.807) is 20.1 Å². The van der Waals surface area contributed by atoms with Gasteiger partial charge in [-0.25, -0.2) is 13.1 Å². The third-order valence-electron chi connectivity index (χ3n) is 2.67. The Morgan fingerprint density at radius 2 is 2.00 bits per heavy atom. The van der Waals surface area contributed by atoms with Crippen LogP contribution in [0.2, 0.25) is 0 Å². The van der Waals surface area contributed by atoms with E-state index in [1.807, 2.05) is 6.07 Å². The molecule has 0 atom stereocenters. The lowest BCUT2D eigenvalue weighted by Crippen LogP contribution is -2.33. The molecule has 0 aliphatic heterocycles. The van der Waals surface area contributed by atoms with E-state index in [-0.39, 0.29) is 17.3 Å². The number of sulfonamides is 1. The molecule has 21 heavy (non-hydrogen) atoms. The molecule has 8 heteroatoms. The highest BCUT2D eigenvalue weighted by atomic mass is 35.5. The quantitative estimate of drug-likeness (QED) is 0.687. The van der Waals surface area contributed by atoms with Gasteiger partial charge in [0, 0.05) is 26.7 Å². The first-order chi connectivity index (χ1) is 9.51. The number of hydrogen-bond acceptors (Lipinski definition) is 5. The molecule has 1 aromatic rings. The second-order valence-corrected chi connectivity index (χ2v) is 5.97. The third-order valence-corrected chi connectivity index (χ3v) is 4.29. The molecule has 0 fully saturated rings. The molecule has 0 aromatic heterocycles. The summed E-state index contributed by atoms with van der Waals surface area (Å²) in [5.41, 5.74) is 1.01. The highest BCUT2D eigenvalue weighted by molar-refractivity contribution is 7.89. The maximum absolute atomic E-state index is 12.1. The monoisotopic (exact) mass is 333 g/mol. The Morgan fingerprint density at radius 3 is 2.57 bits per heavy atom. The highest BCUT2D eigenvalue weighted by Gasteiger charge is 2.16. The maximum atomic E-state index is 12.1. The molecular formula is C13H20ClN3O3S. The first-order valence-electron chi connectivity index (χ1n) is 6.21. The number of rotatable bonds is 8. The highest BCUT2D eigenvalue weighted by Crippen LogP contribution is 2.15. The van der Waals surface area contributed by atoms with Crippen LogP contribution in [0.3, 0.4) is 0 Å². The van der Waals surface area contributed by atoms with Crippen molar-refractivity contribution in [2.45, 2.75) is 11.8 Å². The van der Waals surface area contributed by atoms with Gasteiger partial charge < -0.3 is 10.1 Å². The minimum atomic E-state index is -3.54. The Kier molecular flexibility index (Phi) is 9.17. The van der Waals surface area contributed by atoms with E-state index in [2.05, 4.69) is 10.0 Å². The standard InChI is InChI=1S/C13H19N3O3S.ClH/c1-11-9-12(10-14)3-4-13(11)20(17,18)16-6-5-15-7-8-19-2;/h3-4,9,15-16H,5-8H2,1-2H3;1H. The molecular weight excluding hydrogens is 314 g/mol. The lowest BCUT2D eigenvalue weighted by molar-refractivity contribution is 0.199. The predicted octanol–water partition coefficient (Wildman–Crippen LogP) is 0.803. The maximum Gasteiger partial charge on any atom is 0.240 e. The van der Waals surface area contributed by atoms with Crippen LogP contribution < -0.4 is 10.0 Å². The molecule has 0 saturated carbocycles. The Balaban J connectivity index is 0.00000400. The van der Waals surface area contributed by atoms with Crippen LogP contribution in [0.25, 0.3) is 0 Å². The molecule has 0 amide bonds. The molecule has 1 rings (SSSR count). The lowest BCUT2D eigenvalue weighted by atomic mass is 10.2. The summed E-state index contributed by atoms with van der Waals surface area (Å²) in [6.07, 6.45) is 0. The number of hydrogen-bond donors (Lipinski definition) is 2. The number of methoxy groups -OCH3 is 1. The summed E-state index contributed by atoms with van der Waals surface area (Å²) in [6.45, 7) is 3.76. The molecule has 0 spiro atoms. The molecule has 2 N–H and O–H groups in total. The van der Waals surface area contributed by atoms with Crippen molar-refractivity contribution in [3.8, 4) is 6.07 Å². The van der Waals surface area contributed by atoms with Crippen LogP contribution in [0.5, 0.6) is 0 Å². The Bertz CT molecular complexity index is 585. The summed E-state index contributed by atoms with van der Waals surface area (Å²) in [5, 5.41) is 11.8. The van der Waals surface area contributed by atoms with E-state index >= 15 is 0 Å². The second-order valence-electron chi connectivity index (χ2n) is 4.23. The number of nitriles is 1. The molecule has 118 valence electrons. The SMILES string of the molecule is COCCNCCNS(=O)(=O)c1ccc(C#N)cc1C.Cl. The van der Waals surface area contributed by atoms with Gasteiger partial charge in [-0.05, 0) is 30.7 Å². The van der Waals surface area contributed by atoms with Gasteiger partial charge in [0.05, 0.1) is 23.1 Å². The minimum absolute atomic E-state index is 0. The fourth-order valence-corrected chi connectivity index (χ4v) is 2.93. The zero-order chi connectivity index (χ0) is 15.0. The number of nitrogens with one attached hydrogen (secondary N) is 2. The van der Waals surface area contributed by atoms with Crippen molar-refractivity contribution >= 4 is 22.4 Å². The zero-order valence-electron chi connectivity index (χ0n) is 12.0. The number of ether oxygens (including phenoxy) is 1. The summed E-state index contributed by atoms with van der Waals surface area (Å²) >= 11 is 0. The fourth-order valence-electron chi connectivity index (χ4n) is 1.67. The van der Waals surface area contributed by atoms with Crippen molar-refractivity contribution in [1.29, 1.82) is 5.26 Å². The minimum Gasteiger partial charge on any atom is -0.383 e. The molecule has 1 aromatic carbocycles. The van der Waals surface area contributed by atoms with Gasteiger partial charge in [-0.2, -0.15) is 5.26 Å². The molecule has 0 bridgehead atoms. The van der Waals surface area contributed by atoms with Gasteiger partial charge in [0.25, 0.3) is 0 Å². The van der Waals surface area contributed by atoms with Gasteiger partial charge in [-0.15, -0.1) is 12.4 Å². The van der Waals surface area contributed by atoms with Crippen molar-refractivity contribution in [3.05, 3.63) is 29.3 Å². The molecule has 0 saturated heterocycles. The topological polar surface area (TPSA) is 91.2 Å². The zero-order valence-corrected chi connectivity index (χ0v) is 13.7. The van der Waals surface area contributed by atoms with Gasteiger partial charge in [0.1, 0.15) is 0 Å². The van der Waals surface area contributed by atoms with E-state index in [0.717, 1.165) is 0 Å². The fraction of sp³-hybridized carbons (Fsp3) is 0.462. The van der Waals surface area contributed by atoms with Crippen LogP contribution in [-0.2, 0) is 14.8 Å². The summed E-state index contributed by atoms with van der Waals surface area (Å²) in [6, 6.07) is 6.49. The Labute approximate surface area is 132 Å². The van der Waals surface area contributed by atoms with Crippen LogP contribution in [0.4, 0.5) is 0 Å². The number of benzene rings is 1. The summed E-state index contributed by atoms with van der Waals surface area (Å²) in [7, 11) is -1.93. The lowest BCUT2D eigenvalue weighted by Gasteiger charge is -2.10. The summed E-state index contributed by atoms with van der Waals surface area (Å²) < 4.78 is 31.6. The molecule has 0 heterocycles. The van der Waals surface area contributed by atoms with Crippen LogP contribution in [0.1, 0.15) is 11.1 Å². The number of halogens is 1. The van der Waals surface area contributed by atoms with Crippen LogP contribution in [-0.4, -0.2) is 41.8 Å². The van der Waals surface area contributed by atoms with Crippen molar-refractivity contribution in [3.63, 3.8) is 0 Å². The van der Waals surface area contributed by atoms with Crippen molar-refractivity contribution in [1.82, 2.24) is 10.0 Å². The summed E-state index contributed by atoms with van der Waals surface area (Å²) in [5.74, 6) is 0. The normalized spacial score (nSPS) is 10.7. The van der Waals surface area contributed by atoms with E-state index in [4.69, 9.17) is 10.00 Å². The van der Waals surface area contributed by atoms with E-state index in [0.29, 0.717) is 37.4 Å². The average molecular weight is 334 g/mol. The van der Waals surface area contributed by atoms with Crippen molar-refractivity contribution in [2.75, 3.05) is 33.4 Å². The van der Waals surface area contributed by atoms with Crippen molar-refractivity contribution < 1.29 is 13.2 Å². The molecule has 0 aliphatic rings. The van der Waals surface area contributed by atoms with Crippen LogP contribution >= 0.6 is 12.4 Å². The van der Waals surface area contributed by atoms with Gasteiger partial charge in [-0.1, -0.05) is 0 Å². The molecule has 0 unspecified atom stereocenters. The van der Waals surface area contributed by atoms with E-state index < -0.39 is 10.0 Å². The molecule has 6 nitrogen and oxygen atoms in total. The Morgan fingerprint density at radius 1 is 1.29 bits per heavy atom. The predicted molar refractivity (Wildman–Crippen MR) is 83.1 cm³/mol. The molecule has 0 radical (unpaired) electrons. The van der Waals surface area contributed by atoms with Crippen molar-refractivity contribution in [2.24, 2.45) is 0 Å². The third kappa shape index (κ3) is 6.42. The van der Waals surface area contributed by atoms with Gasteiger partial charge in [0.15, 0.2) is 0 Å². The number of nitrogens with zero attached hydrogens (tertiary/aromatic N) is 1. The van der Waals surface area contributed by atoms with E-state index in [1.165, 1.54) is 12.1 Å². The van der Waals surface area contributed by atoms with Crippen LogP contribution in [0.15, 0.2) is 23.1 Å². The van der Waals surface area contributed by atoms with Gasteiger partial charge >= 0.3 is 0 Å². The Hall–Kier alpha value is -1.17. The largest absolute Gasteiger partial charge is 0.383 e. The van der Waals surface area contributed by atoms with Gasteiger partial charge in [-0.3, -0.25) is 0 Å². The second kappa shape index (κ2) is 9.71. The van der Waals surface area contributed by atoms with Crippen LogP contribution in [0, 0.1) is 18.3 Å². The first kappa shape index (κ1) is 19.8. The smallest absolute Gasteiger partial charge is 0.240 e. The number of aryl methyl sites for hydroxylation is 1. The summed E-state index contributed by atoms with van der Waals surface area (Å²) in [4.78, 5) is 0.202.